The van der Waals surface area contributed by atoms with E-state index >= 15 is 0 Å². The Morgan fingerprint density at radius 2 is 2.44 bits per heavy atom. The third-order valence-corrected chi connectivity index (χ3v) is 0.877. The molecule has 1 heterocycles. The lowest BCUT2D eigenvalue weighted by atomic mass is 10.3. The molecule has 9 heavy (non-hydrogen) atoms. The minimum atomic E-state index is 0.341. The lowest BCUT2D eigenvalue weighted by molar-refractivity contribution is 1.06. The van der Waals surface area contributed by atoms with Gasteiger partial charge in [0.2, 0.25) is 0 Å². The van der Waals surface area contributed by atoms with Crippen LogP contribution >= 0.6 is 0 Å². The minimum absolute atomic E-state index is 0.341. The van der Waals surface area contributed by atoms with Crippen molar-refractivity contribution in [2.45, 2.75) is 6.42 Å². The molecule has 0 aromatic carbocycles. The van der Waals surface area contributed by atoms with Gasteiger partial charge in [0, 0.05) is 18.6 Å². The molecule has 0 aliphatic heterocycles. The summed E-state index contributed by atoms with van der Waals surface area (Å²) < 4.78 is 0. The van der Waals surface area contributed by atoms with E-state index in [2.05, 4.69) is 9.97 Å². The quantitative estimate of drug-likeness (QED) is 0.542. The second-order valence-electron chi connectivity index (χ2n) is 1.53. The highest BCUT2D eigenvalue weighted by Gasteiger charge is 1.87. The van der Waals surface area contributed by atoms with Crippen molar-refractivity contribution in [2.75, 3.05) is 0 Å². The van der Waals surface area contributed by atoms with E-state index in [0.29, 0.717) is 6.42 Å². The van der Waals surface area contributed by atoms with E-state index in [-0.39, 0.29) is 0 Å². The number of rotatable bonds is 1. The summed E-state index contributed by atoms with van der Waals surface area (Å²) in [7, 11) is 0. The van der Waals surface area contributed by atoms with Gasteiger partial charge in [0.1, 0.15) is 0 Å². The SMILES string of the molecule is N#CCc1cnccn1. The lowest BCUT2D eigenvalue weighted by Gasteiger charge is -1.86. The Morgan fingerprint density at radius 3 is 3.00 bits per heavy atom. The Labute approximate surface area is 53.0 Å². The largest absolute Gasteiger partial charge is 0.261 e. The smallest absolute Gasteiger partial charge is 0.0790 e. The molecule has 1 aromatic rings. The van der Waals surface area contributed by atoms with E-state index in [1.54, 1.807) is 18.6 Å². The highest BCUT2D eigenvalue weighted by Crippen LogP contribution is 1.88. The highest BCUT2D eigenvalue weighted by atomic mass is 14.8. The summed E-state index contributed by atoms with van der Waals surface area (Å²) in [5, 5.41) is 8.20. The lowest BCUT2D eigenvalue weighted by Crippen LogP contribution is -1.86. The van der Waals surface area contributed by atoms with Gasteiger partial charge in [0.25, 0.3) is 0 Å². The van der Waals surface area contributed by atoms with Crippen LogP contribution in [0, 0.1) is 11.3 Å². The molecule has 0 fully saturated rings. The Kier molecular flexibility index (Phi) is 1.76. The molecule has 0 spiro atoms. The first-order valence-corrected chi connectivity index (χ1v) is 2.55. The zero-order chi connectivity index (χ0) is 6.53. The molecule has 0 amide bonds. The highest BCUT2D eigenvalue weighted by molar-refractivity contribution is 5.00. The molecule has 0 unspecified atom stereocenters. The zero-order valence-corrected chi connectivity index (χ0v) is 4.78. The Morgan fingerprint density at radius 1 is 1.56 bits per heavy atom. The van der Waals surface area contributed by atoms with E-state index in [1.165, 1.54) is 0 Å². The molecule has 0 atom stereocenters. The van der Waals surface area contributed by atoms with Gasteiger partial charge < -0.3 is 0 Å². The summed E-state index contributed by atoms with van der Waals surface area (Å²) in [4.78, 5) is 7.67. The summed E-state index contributed by atoms with van der Waals surface area (Å²) in [5.74, 6) is 0. The Balaban J connectivity index is 2.76. The van der Waals surface area contributed by atoms with Gasteiger partial charge in [-0.05, 0) is 0 Å². The summed E-state index contributed by atoms with van der Waals surface area (Å²) in [6.45, 7) is 0. The van der Waals surface area contributed by atoms with Crippen molar-refractivity contribution < 1.29 is 0 Å². The fraction of sp³-hybridized carbons (Fsp3) is 0.167. The van der Waals surface area contributed by atoms with Crippen LogP contribution in [0.2, 0.25) is 0 Å². The normalized spacial score (nSPS) is 8.33. The van der Waals surface area contributed by atoms with Crippen LogP contribution < -0.4 is 0 Å². The van der Waals surface area contributed by atoms with Gasteiger partial charge in [-0.2, -0.15) is 5.26 Å². The van der Waals surface area contributed by atoms with Crippen molar-refractivity contribution in [1.29, 1.82) is 5.26 Å². The molecule has 0 bridgehead atoms. The average Bonchev–Trinajstić information content (AvgIpc) is 1.91. The third kappa shape index (κ3) is 1.50. The zero-order valence-electron chi connectivity index (χ0n) is 4.78. The van der Waals surface area contributed by atoms with Crippen LogP contribution in [0.15, 0.2) is 18.6 Å². The predicted octanol–water partition coefficient (Wildman–Crippen LogP) is 0.543. The first-order chi connectivity index (χ1) is 4.43. The molecule has 0 aliphatic rings. The summed E-state index contributed by atoms with van der Waals surface area (Å²) in [5.41, 5.74) is 0.722. The maximum atomic E-state index is 8.20. The molecule has 44 valence electrons. The summed E-state index contributed by atoms with van der Waals surface area (Å²) >= 11 is 0. The molecule has 3 nitrogen and oxygen atoms in total. The fourth-order valence-electron chi connectivity index (χ4n) is 0.502. The third-order valence-electron chi connectivity index (χ3n) is 0.877. The molecule has 0 aliphatic carbocycles. The van der Waals surface area contributed by atoms with Crippen LogP contribution in [0.1, 0.15) is 5.69 Å². The van der Waals surface area contributed by atoms with Crippen LogP contribution in [-0.2, 0) is 6.42 Å². The number of hydrogen-bond donors (Lipinski definition) is 0. The van der Waals surface area contributed by atoms with Gasteiger partial charge in [-0.3, -0.25) is 9.97 Å². The molecule has 0 radical (unpaired) electrons. The van der Waals surface area contributed by atoms with E-state index in [1.807, 2.05) is 6.07 Å². The number of nitriles is 1. The van der Waals surface area contributed by atoms with Crippen LogP contribution in [0.4, 0.5) is 0 Å². The molecule has 0 saturated heterocycles. The monoisotopic (exact) mass is 119 g/mol. The number of aromatic nitrogens is 2. The van der Waals surface area contributed by atoms with Crippen molar-refractivity contribution >= 4 is 0 Å². The van der Waals surface area contributed by atoms with Crippen LogP contribution in [0.25, 0.3) is 0 Å². The summed E-state index contributed by atoms with van der Waals surface area (Å²) in [6.07, 6.45) is 5.09. The number of hydrogen-bond acceptors (Lipinski definition) is 3. The second kappa shape index (κ2) is 2.78. The molecular formula is C6H5N3. The molecule has 0 N–H and O–H groups in total. The average molecular weight is 119 g/mol. The van der Waals surface area contributed by atoms with Crippen LogP contribution in [0.5, 0.6) is 0 Å². The van der Waals surface area contributed by atoms with Crippen molar-refractivity contribution in [3.8, 4) is 6.07 Å². The first-order valence-electron chi connectivity index (χ1n) is 2.55. The second-order valence-corrected chi connectivity index (χ2v) is 1.53. The summed E-state index contributed by atoms with van der Waals surface area (Å²) in [6, 6.07) is 1.98. The van der Waals surface area contributed by atoms with Gasteiger partial charge in [0.05, 0.1) is 18.2 Å². The van der Waals surface area contributed by atoms with Gasteiger partial charge >= 0.3 is 0 Å². The maximum absolute atomic E-state index is 8.20. The van der Waals surface area contributed by atoms with E-state index in [0.717, 1.165) is 5.69 Å². The van der Waals surface area contributed by atoms with Crippen molar-refractivity contribution in [3.05, 3.63) is 24.3 Å². The fourth-order valence-corrected chi connectivity index (χ4v) is 0.502. The van der Waals surface area contributed by atoms with Crippen LogP contribution in [-0.4, -0.2) is 9.97 Å². The molecular weight excluding hydrogens is 114 g/mol. The maximum Gasteiger partial charge on any atom is 0.0790 e. The van der Waals surface area contributed by atoms with Gasteiger partial charge in [-0.15, -0.1) is 0 Å². The van der Waals surface area contributed by atoms with E-state index < -0.39 is 0 Å². The minimum Gasteiger partial charge on any atom is -0.261 e. The molecule has 0 saturated carbocycles. The molecule has 1 rings (SSSR count). The Hall–Kier alpha value is -1.43. The topological polar surface area (TPSA) is 49.6 Å². The molecule has 3 heteroatoms. The standard InChI is InChI=1S/C6H5N3/c7-2-1-6-5-8-3-4-9-6/h3-5H,1H2. The van der Waals surface area contributed by atoms with Crippen molar-refractivity contribution in [3.63, 3.8) is 0 Å². The molecule has 1 aromatic heterocycles. The van der Waals surface area contributed by atoms with Crippen LogP contribution in [0.3, 0.4) is 0 Å². The number of nitrogens with zero attached hydrogens (tertiary/aromatic N) is 3. The Bertz CT molecular complexity index is 211. The van der Waals surface area contributed by atoms with Crippen molar-refractivity contribution in [1.82, 2.24) is 9.97 Å². The predicted molar refractivity (Wildman–Crippen MR) is 31.3 cm³/mol. The van der Waals surface area contributed by atoms with Gasteiger partial charge in [-0.1, -0.05) is 0 Å². The van der Waals surface area contributed by atoms with E-state index in [9.17, 15) is 0 Å². The van der Waals surface area contributed by atoms with Crippen molar-refractivity contribution in [2.24, 2.45) is 0 Å². The van der Waals surface area contributed by atoms with E-state index in [4.69, 9.17) is 5.26 Å². The van der Waals surface area contributed by atoms with Gasteiger partial charge in [0.15, 0.2) is 0 Å². The first kappa shape index (κ1) is 5.70. The van der Waals surface area contributed by atoms with Gasteiger partial charge in [-0.25, -0.2) is 0 Å².